The first-order valence-electron chi connectivity index (χ1n) is 5.03. The van der Waals surface area contributed by atoms with Crippen LogP contribution in [-0.2, 0) is 0 Å². The third-order valence-corrected chi connectivity index (χ3v) is 2.81. The second-order valence-electron chi connectivity index (χ2n) is 3.19. The maximum atomic E-state index is 13.3. The summed E-state index contributed by atoms with van der Waals surface area (Å²) in [5.41, 5.74) is -0.215. The van der Waals surface area contributed by atoms with Crippen LogP contribution in [0.3, 0.4) is 0 Å². The molecule has 1 aromatic carbocycles. The number of benzene rings is 1. The first kappa shape index (κ1) is 14.1. The van der Waals surface area contributed by atoms with Gasteiger partial charge in [0, 0.05) is 18.7 Å². The number of halogens is 2. The lowest BCUT2D eigenvalue weighted by molar-refractivity contribution is -0.386. The van der Waals surface area contributed by atoms with Gasteiger partial charge in [0.25, 0.3) is 0 Å². The normalized spacial score (nSPS) is 10.3. The summed E-state index contributed by atoms with van der Waals surface area (Å²) < 4.78 is 18.7. The summed E-state index contributed by atoms with van der Waals surface area (Å²) in [6, 6.07) is 2.21. The molecule has 0 aliphatic heterocycles. The van der Waals surface area contributed by atoms with Crippen molar-refractivity contribution in [3.63, 3.8) is 0 Å². The van der Waals surface area contributed by atoms with Crippen molar-refractivity contribution < 1.29 is 14.1 Å². The van der Waals surface area contributed by atoms with Crippen molar-refractivity contribution in [2.24, 2.45) is 0 Å². The van der Waals surface area contributed by atoms with Gasteiger partial charge in [0.2, 0.25) is 0 Å². The molecule has 0 unspecified atom stereocenters. The van der Waals surface area contributed by atoms with Gasteiger partial charge < -0.3 is 10.1 Å². The molecule has 7 heteroatoms. The van der Waals surface area contributed by atoms with Crippen LogP contribution in [0.1, 0.15) is 6.92 Å². The molecular formula is C10H12FIN2O3. The predicted octanol–water partition coefficient (Wildman–Crippen LogP) is 2.33. The van der Waals surface area contributed by atoms with Crippen LogP contribution in [-0.4, -0.2) is 24.6 Å². The van der Waals surface area contributed by atoms with E-state index >= 15 is 0 Å². The molecular weight excluding hydrogens is 342 g/mol. The Morgan fingerprint density at radius 2 is 2.29 bits per heavy atom. The van der Waals surface area contributed by atoms with E-state index in [1.54, 1.807) is 22.6 Å². The van der Waals surface area contributed by atoms with Gasteiger partial charge in [0.1, 0.15) is 12.4 Å². The number of hydrogen-bond donors (Lipinski definition) is 1. The van der Waals surface area contributed by atoms with Crippen LogP contribution in [0.25, 0.3) is 0 Å². The molecule has 1 N–H and O–H groups in total. The second kappa shape index (κ2) is 6.70. The van der Waals surface area contributed by atoms with E-state index < -0.39 is 10.7 Å². The Balaban J connectivity index is 2.81. The topological polar surface area (TPSA) is 64.4 Å². The van der Waals surface area contributed by atoms with Gasteiger partial charge in [0.15, 0.2) is 5.75 Å². The minimum absolute atomic E-state index is 0.0363. The quantitative estimate of drug-likeness (QED) is 0.369. The average molecular weight is 354 g/mol. The Hall–Kier alpha value is -0.960. The molecule has 0 radical (unpaired) electrons. The SMILES string of the molecule is CCNCCOc1cc(F)c(I)cc1[N+](=O)[O-]. The van der Waals surface area contributed by atoms with Gasteiger partial charge >= 0.3 is 5.69 Å². The van der Waals surface area contributed by atoms with Gasteiger partial charge in [-0.1, -0.05) is 6.92 Å². The standard InChI is InChI=1S/C10H12FIN2O3/c1-2-13-3-4-17-10-5-7(11)8(12)6-9(10)14(15)16/h5-6,13H,2-4H2,1H3. The fourth-order valence-corrected chi connectivity index (χ4v) is 1.64. The first-order valence-corrected chi connectivity index (χ1v) is 6.11. The molecule has 94 valence electrons. The monoisotopic (exact) mass is 354 g/mol. The van der Waals surface area contributed by atoms with Crippen molar-refractivity contribution >= 4 is 28.3 Å². The average Bonchev–Trinajstić information content (AvgIpc) is 2.28. The number of nitro benzene ring substituents is 1. The van der Waals surface area contributed by atoms with Gasteiger partial charge in [-0.05, 0) is 29.1 Å². The minimum atomic E-state index is -0.579. The molecule has 0 bridgehead atoms. The Morgan fingerprint density at radius 1 is 1.59 bits per heavy atom. The largest absolute Gasteiger partial charge is 0.485 e. The molecule has 17 heavy (non-hydrogen) atoms. The molecule has 0 atom stereocenters. The summed E-state index contributed by atoms with van der Waals surface area (Å²) >= 11 is 1.70. The lowest BCUT2D eigenvalue weighted by Gasteiger charge is -2.07. The molecule has 1 aromatic rings. The fourth-order valence-electron chi connectivity index (χ4n) is 1.19. The highest BCUT2D eigenvalue weighted by atomic mass is 127. The van der Waals surface area contributed by atoms with E-state index in [0.29, 0.717) is 6.54 Å². The van der Waals surface area contributed by atoms with Crippen LogP contribution < -0.4 is 10.1 Å². The lowest BCUT2D eigenvalue weighted by Crippen LogP contribution is -2.20. The van der Waals surface area contributed by atoms with Crippen molar-refractivity contribution in [1.29, 1.82) is 0 Å². The third kappa shape index (κ3) is 4.08. The zero-order chi connectivity index (χ0) is 12.8. The van der Waals surface area contributed by atoms with Crippen LogP contribution in [0.4, 0.5) is 10.1 Å². The highest BCUT2D eigenvalue weighted by molar-refractivity contribution is 14.1. The van der Waals surface area contributed by atoms with Crippen LogP contribution in [0, 0.1) is 19.5 Å². The van der Waals surface area contributed by atoms with E-state index in [4.69, 9.17) is 4.74 Å². The summed E-state index contributed by atoms with van der Waals surface area (Å²) in [6.07, 6.45) is 0. The highest BCUT2D eigenvalue weighted by Crippen LogP contribution is 2.30. The summed E-state index contributed by atoms with van der Waals surface area (Å²) in [6.45, 7) is 3.54. The first-order chi connectivity index (χ1) is 8.06. The number of nitrogens with one attached hydrogen (secondary N) is 1. The Bertz CT molecular complexity index is 415. The van der Waals surface area contributed by atoms with Crippen molar-refractivity contribution in [1.82, 2.24) is 5.32 Å². The molecule has 1 rings (SSSR count). The van der Waals surface area contributed by atoms with E-state index in [1.165, 1.54) is 6.07 Å². The van der Waals surface area contributed by atoms with Gasteiger partial charge in [-0.3, -0.25) is 10.1 Å². The smallest absolute Gasteiger partial charge is 0.312 e. The van der Waals surface area contributed by atoms with Crippen LogP contribution in [0.5, 0.6) is 5.75 Å². The van der Waals surface area contributed by atoms with Crippen molar-refractivity contribution in [2.75, 3.05) is 19.7 Å². The molecule has 0 spiro atoms. The molecule has 0 aromatic heterocycles. The number of hydrogen-bond acceptors (Lipinski definition) is 4. The summed E-state index contributed by atoms with van der Waals surface area (Å²) in [5.74, 6) is -0.555. The Labute approximate surface area is 112 Å². The van der Waals surface area contributed by atoms with E-state index in [1.807, 2.05) is 6.92 Å². The predicted molar refractivity (Wildman–Crippen MR) is 69.8 cm³/mol. The zero-order valence-electron chi connectivity index (χ0n) is 9.20. The van der Waals surface area contributed by atoms with E-state index in [2.05, 4.69) is 5.32 Å². The van der Waals surface area contributed by atoms with E-state index in [-0.39, 0.29) is 21.6 Å². The van der Waals surface area contributed by atoms with Gasteiger partial charge in [-0.25, -0.2) is 4.39 Å². The van der Waals surface area contributed by atoms with Crippen LogP contribution in [0.15, 0.2) is 12.1 Å². The molecule has 0 fully saturated rings. The molecule has 0 heterocycles. The van der Waals surface area contributed by atoms with Crippen LogP contribution >= 0.6 is 22.6 Å². The molecule has 0 saturated carbocycles. The summed E-state index contributed by atoms with van der Waals surface area (Å²) in [7, 11) is 0. The highest BCUT2D eigenvalue weighted by Gasteiger charge is 2.18. The number of ether oxygens (including phenoxy) is 1. The van der Waals surface area contributed by atoms with E-state index in [0.717, 1.165) is 12.6 Å². The number of likely N-dealkylation sites (N-methyl/N-ethyl adjacent to an activating group) is 1. The number of rotatable bonds is 6. The maximum Gasteiger partial charge on any atom is 0.312 e. The zero-order valence-corrected chi connectivity index (χ0v) is 11.4. The maximum absolute atomic E-state index is 13.3. The van der Waals surface area contributed by atoms with E-state index in [9.17, 15) is 14.5 Å². The lowest BCUT2D eigenvalue weighted by atomic mass is 10.3. The van der Waals surface area contributed by atoms with Gasteiger partial charge in [-0.15, -0.1) is 0 Å². The molecule has 0 aliphatic rings. The summed E-state index contributed by atoms with van der Waals surface area (Å²) in [5, 5.41) is 13.8. The van der Waals surface area contributed by atoms with Crippen molar-refractivity contribution in [2.45, 2.75) is 6.92 Å². The third-order valence-electron chi connectivity index (χ3n) is 1.98. The second-order valence-corrected chi connectivity index (χ2v) is 4.36. The molecule has 0 amide bonds. The molecule has 0 aliphatic carbocycles. The van der Waals surface area contributed by atoms with Crippen molar-refractivity contribution in [3.05, 3.63) is 31.6 Å². The number of nitro groups is 1. The Kier molecular flexibility index (Phi) is 5.56. The summed E-state index contributed by atoms with van der Waals surface area (Å²) in [4.78, 5) is 10.2. The van der Waals surface area contributed by atoms with Gasteiger partial charge in [-0.2, -0.15) is 0 Å². The molecule has 0 saturated heterocycles. The molecule has 5 nitrogen and oxygen atoms in total. The van der Waals surface area contributed by atoms with Crippen molar-refractivity contribution in [3.8, 4) is 5.75 Å². The van der Waals surface area contributed by atoms with Gasteiger partial charge in [0.05, 0.1) is 8.49 Å². The van der Waals surface area contributed by atoms with Crippen LogP contribution in [0.2, 0.25) is 0 Å². The number of nitrogens with zero attached hydrogens (tertiary/aromatic N) is 1. The Morgan fingerprint density at radius 3 is 2.88 bits per heavy atom. The fraction of sp³-hybridized carbons (Fsp3) is 0.400. The minimum Gasteiger partial charge on any atom is -0.485 e.